The molecule has 0 fully saturated rings. The van der Waals surface area contributed by atoms with Crippen molar-refractivity contribution in [2.75, 3.05) is 16.9 Å². The van der Waals surface area contributed by atoms with E-state index >= 15 is 0 Å². The summed E-state index contributed by atoms with van der Waals surface area (Å²) in [4.78, 5) is 11.8. The smallest absolute Gasteiger partial charge is 0.234 e. The van der Waals surface area contributed by atoms with Crippen LogP contribution < -0.4 is 11.2 Å². The number of nitrogens with one attached hydrogen (secondary N) is 1. The second-order valence-electron chi connectivity index (χ2n) is 4.04. The maximum atomic E-state index is 11.8. The number of hydrogen-bond donors (Lipinski definition) is 2. The fourth-order valence-electron chi connectivity index (χ4n) is 1.46. The van der Waals surface area contributed by atoms with E-state index in [1.54, 1.807) is 19.1 Å². The highest BCUT2D eigenvalue weighted by Crippen LogP contribution is 2.21. The van der Waals surface area contributed by atoms with Crippen LogP contribution in [0.25, 0.3) is 0 Å². The van der Waals surface area contributed by atoms with E-state index in [-0.39, 0.29) is 11.7 Å². The second kappa shape index (κ2) is 6.47. The van der Waals surface area contributed by atoms with Gasteiger partial charge in [0, 0.05) is 5.69 Å². The zero-order chi connectivity index (χ0) is 15.4. The van der Waals surface area contributed by atoms with Crippen molar-refractivity contribution in [2.45, 2.75) is 12.1 Å². The molecule has 0 unspecified atom stereocenters. The zero-order valence-corrected chi connectivity index (χ0v) is 12.6. The number of nitrogen functional groups attached to an aromatic ring is 1. The number of hydrogen-bond acceptors (Lipinski definition) is 6. The van der Waals surface area contributed by atoms with Gasteiger partial charge in [0.15, 0.2) is 0 Å². The quantitative estimate of drug-likeness (QED) is 0.653. The van der Waals surface area contributed by atoms with Crippen LogP contribution in [0, 0.1) is 18.3 Å². The van der Waals surface area contributed by atoms with Gasteiger partial charge in [0.1, 0.15) is 11.9 Å². The molecule has 1 aromatic carbocycles. The van der Waals surface area contributed by atoms with Crippen molar-refractivity contribution in [1.82, 2.24) is 14.9 Å². The summed E-state index contributed by atoms with van der Waals surface area (Å²) in [5, 5.41) is 19.8. The number of amides is 1. The molecule has 9 heteroatoms. The summed E-state index contributed by atoms with van der Waals surface area (Å²) in [7, 11) is 0. The first-order valence-electron chi connectivity index (χ1n) is 5.80. The SMILES string of the molecule is Cc1nnc(SCC(=O)Nc2ccc(C#N)c(Cl)c2)n1N. The Morgan fingerprint density at radius 2 is 2.33 bits per heavy atom. The van der Waals surface area contributed by atoms with Gasteiger partial charge in [-0.2, -0.15) is 5.26 Å². The van der Waals surface area contributed by atoms with Gasteiger partial charge in [-0.3, -0.25) is 4.79 Å². The van der Waals surface area contributed by atoms with Gasteiger partial charge in [-0.25, -0.2) is 4.68 Å². The Morgan fingerprint density at radius 1 is 1.57 bits per heavy atom. The first kappa shape index (κ1) is 15.2. The maximum absolute atomic E-state index is 11.8. The molecule has 0 aliphatic rings. The van der Waals surface area contributed by atoms with Crippen LogP contribution in [0.4, 0.5) is 5.69 Å². The molecule has 0 spiro atoms. The lowest BCUT2D eigenvalue weighted by atomic mass is 10.2. The molecule has 1 heterocycles. The number of carbonyl (C=O) groups is 1. The largest absolute Gasteiger partial charge is 0.336 e. The summed E-state index contributed by atoms with van der Waals surface area (Å²) >= 11 is 7.07. The molecular formula is C12H11ClN6OS. The average molecular weight is 323 g/mol. The number of benzene rings is 1. The molecule has 108 valence electrons. The van der Waals surface area contributed by atoms with Crippen LogP contribution >= 0.6 is 23.4 Å². The van der Waals surface area contributed by atoms with E-state index in [2.05, 4.69) is 15.5 Å². The molecule has 0 saturated carbocycles. The minimum absolute atomic E-state index is 0.132. The van der Waals surface area contributed by atoms with Gasteiger partial charge in [0.05, 0.1) is 16.3 Å². The molecule has 0 aliphatic heterocycles. The van der Waals surface area contributed by atoms with Gasteiger partial charge in [-0.05, 0) is 25.1 Å². The molecule has 21 heavy (non-hydrogen) atoms. The van der Waals surface area contributed by atoms with Crippen molar-refractivity contribution in [1.29, 1.82) is 5.26 Å². The summed E-state index contributed by atoms with van der Waals surface area (Å²) in [6, 6.07) is 6.64. The first-order valence-corrected chi connectivity index (χ1v) is 7.17. The number of carbonyl (C=O) groups excluding carboxylic acids is 1. The molecule has 1 amide bonds. The minimum atomic E-state index is -0.235. The zero-order valence-electron chi connectivity index (χ0n) is 11.0. The number of nitrogens with zero attached hydrogens (tertiary/aromatic N) is 4. The molecule has 2 rings (SSSR count). The summed E-state index contributed by atoms with van der Waals surface area (Å²) in [5.41, 5.74) is 0.880. The number of aromatic nitrogens is 3. The second-order valence-corrected chi connectivity index (χ2v) is 5.39. The molecule has 0 radical (unpaired) electrons. The molecule has 3 N–H and O–H groups in total. The van der Waals surface area contributed by atoms with Crippen molar-refractivity contribution >= 4 is 35.0 Å². The first-order chi connectivity index (χ1) is 10.0. The summed E-state index contributed by atoms with van der Waals surface area (Å²) in [6.07, 6.45) is 0. The molecule has 1 aromatic heterocycles. The molecule has 0 aliphatic carbocycles. The lowest BCUT2D eigenvalue weighted by molar-refractivity contribution is -0.113. The number of halogens is 1. The lowest BCUT2D eigenvalue weighted by Gasteiger charge is -2.06. The average Bonchev–Trinajstić information content (AvgIpc) is 2.77. The number of anilines is 1. The Morgan fingerprint density at radius 3 is 2.90 bits per heavy atom. The fraction of sp³-hybridized carbons (Fsp3) is 0.167. The summed E-state index contributed by atoms with van der Waals surface area (Å²) in [6.45, 7) is 1.72. The Hall–Kier alpha value is -2.24. The Kier molecular flexibility index (Phi) is 4.67. The minimum Gasteiger partial charge on any atom is -0.336 e. The van der Waals surface area contributed by atoms with Crippen LogP contribution in [0.3, 0.4) is 0 Å². The van der Waals surface area contributed by atoms with Gasteiger partial charge in [-0.15, -0.1) is 10.2 Å². The predicted octanol–water partition coefficient (Wildman–Crippen LogP) is 1.56. The third kappa shape index (κ3) is 3.65. The van der Waals surface area contributed by atoms with Gasteiger partial charge in [0.2, 0.25) is 11.1 Å². The third-order valence-electron chi connectivity index (χ3n) is 2.54. The monoisotopic (exact) mass is 322 g/mol. The van der Waals surface area contributed by atoms with Crippen LogP contribution in [-0.2, 0) is 4.79 Å². The number of rotatable bonds is 4. The molecule has 0 saturated heterocycles. The van der Waals surface area contributed by atoms with E-state index in [1.807, 2.05) is 6.07 Å². The van der Waals surface area contributed by atoms with Crippen LogP contribution in [0.2, 0.25) is 5.02 Å². The molecule has 2 aromatic rings. The number of nitriles is 1. The Bertz CT molecular complexity index is 723. The van der Waals surface area contributed by atoms with Gasteiger partial charge in [-0.1, -0.05) is 23.4 Å². The number of aryl methyl sites for hydroxylation is 1. The van der Waals surface area contributed by atoms with Crippen molar-refractivity contribution in [3.8, 4) is 6.07 Å². The molecule has 7 nitrogen and oxygen atoms in total. The van der Waals surface area contributed by atoms with Crippen LogP contribution in [-0.4, -0.2) is 26.5 Å². The number of thioether (sulfide) groups is 1. The summed E-state index contributed by atoms with van der Waals surface area (Å²) < 4.78 is 1.32. The highest BCUT2D eigenvalue weighted by atomic mass is 35.5. The number of nitrogens with two attached hydrogens (primary N) is 1. The van der Waals surface area contributed by atoms with Crippen molar-refractivity contribution in [3.05, 3.63) is 34.6 Å². The van der Waals surface area contributed by atoms with E-state index in [9.17, 15) is 4.79 Å². The van der Waals surface area contributed by atoms with Crippen LogP contribution in [0.1, 0.15) is 11.4 Å². The normalized spacial score (nSPS) is 10.1. The Labute approximate surface area is 130 Å². The highest BCUT2D eigenvalue weighted by Gasteiger charge is 2.10. The summed E-state index contributed by atoms with van der Waals surface area (Å²) in [5.74, 6) is 6.15. The van der Waals surface area contributed by atoms with Crippen molar-refractivity contribution in [3.63, 3.8) is 0 Å². The topological polar surface area (TPSA) is 110 Å². The van der Waals surface area contributed by atoms with Gasteiger partial charge < -0.3 is 11.2 Å². The van der Waals surface area contributed by atoms with E-state index in [1.165, 1.54) is 22.5 Å². The van der Waals surface area contributed by atoms with Gasteiger partial charge in [0.25, 0.3) is 0 Å². The molecule has 0 bridgehead atoms. The van der Waals surface area contributed by atoms with Crippen molar-refractivity contribution < 1.29 is 4.79 Å². The fourth-order valence-corrected chi connectivity index (χ4v) is 2.38. The van der Waals surface area contributed by atoms with Crippen molar-refractivity contribution in [2.24, 2.45) is 0 Å². The predicted molar refractivity (Wildman–Crippen MR) is 80.4 cm³/mol. The van der Waals surface area contributed by atoms with Gasteiger partial charge >= 0.3 is 0 Å². The van der Waals surface area contributed by atoms with E-state index in [0.717, 1.165) is 0 Å². The maximum Gasteiger partial charge on any atom is 0.234 e. The Balaban J connectivity index is 1.95. The third-order valence-corrected chi connectivity index (χ3v) is 3.80. The highest BCUT2D eigenvalue weighted by molar-refractivity contribution is 7.99. The van der Waals surface area contributed by atoms with E-state index in [4.69, 9.17) is 22.7 Å². The lowest BCUT2D eigenvalue weighted by Crippen LogP contribution is -2.16. The van der Waals surface area contributed by atoms with Crippen LogP contribution in [0.15, 0.2) is 23.4 Å². The molecule has 0 atom stereocenters. The molecular weight excluding hydrogens is 312 g/mol. The van der Waals surface area contributed by atoms with E-state index < -0.39 is 0 Å². The standard InChI is InChI=1S/C12H11ClN6OS/c1-7-17-18-12(19(7)15)21-6-11(20)16-9-3-2-8(5-14)10(13)4-9/h2-4H,6,15H2,1H3,(H,16,20). The van der Waals surface area contributed by atoms with Crippen LogP contribution in [0.5, 0.6) is 0 Å². The van der Waals surface area contributed by atoms with E-state index in [0.29, 0.717) is 27.3 Å².